The van der Waals surface area contributed by atoms with Crippen LogP contribution in [0.2, 0.25) is 0 Å². The first kappa shape index (κ1) is 6.34. The van der Waals surface area contributed by atoms with Gasteiger partial charge in [-0.15, -0.1) is 0 Å². The number of nitrogens with zero attached hydrogens (tertiary/aromatic N) is 1. The molecule has 3 N–H and O–H groups in total. The quantitative estimate of drug-likeness (QED) is 0.386. The van der Waals surface area contributed by atoms with Gasteiger partial charge in [-0.3, -0.25) is 5.41 Å². The Morgan fingerprint density at radius 3 is 2.80 bits per heavy atom. The Labute approximate surface area is 64.5 Å². The molecule has 0 saturated carbocycles. The molecular formula is C6H11N3S. The lowest BCUT2D eigenvalue weighted by molar-refractivity contribution is 0.409. The van der Waals surface area contributed by atoms with Gasteiger partial charge in [0.1, 0.15) is 0 Å². The largest absolute Gasteiger partial charge is 0.370 e. The van der Waals surface area contributed by atoms with Crippen LogP contribution in [0.5, 0.6) is 0 Å². The Morgan fingerprint density at radius 1 is 1.70 bits per heavy atom. The summed E-state index contributed by atoms with van der Waals surface area (Å²) in [6.45, 7) is 1.00. The van der Waals surface area contributed by atoms with E-state index >= 15 is 0 Å². The molecular weight excluding hydrogens is 146 g/mol. The summed E-state index contributed by atoms with van der Waals surface area (Å²) >= 11 is 2.02. The van der Waals surface area contributed by atoms with Crippen LogP contribution in [0.1, 0.15) is 6.42 Å². The van der Waals surface area contributed by atoms with Gasteiger partial charge < -0.3 is 10.6 Å². The Hall–Kier alpha value is -0.380. The zero-order chi connectivity index (χ0) is 7.14. The minimum absolute atomic E-state index is 0.257. The van der Waals surface area contributed by atoms with Crippen molar-refractivity contribution >= 4 is 17.7 Å². The Kier molecular flexibility index (Phi) is 1.30. The van der Waals surface area contributed by atoms with E-state index in [-0.39, 0.29) is 5.96 Å². The zero-order valence-corrected chi connectivity index (χ0v) is 6.53. The summed E-state index contributed by atoms with van der Waals surface area (Å²) in [5, 5.41) is 8.00. The van der Waals surface area contributed by atoms with E-state index in [1.807, 2.05) is 16.7 Å². The SMILES string of the molecule is N=C(N)N1CC2CC1CS2. The van der Waals surface area contributed by atoms with Crippen molar-refractivity contribution in [3.63, 3.8) is 0 Å². The molecule has 2 fully saturated rings. The molecule has 56 valence electrons. The molecule has 2 unspecified atom stereocenters. The summed E-state index contributed by atoms with van der Waals surface area (Å²) in [4.78, 5) is 2.02. The van der Waals surface area contributed by atoms with Gasteiger partial charge in [-0.25, -0.2) is 0 Å². The van der Waals surface area contributed by atoms with E-state index in [2.05, 4.69) is 0 Å². The van der Waals surface area contributed by atoms with Crippen LogP contribution in [0.25, 0.3) is 0 Å². The summed E-state index contributed by atoms with van der Waals surface area (Å²) in [5.41, 5.74) is 5.38. The minimum atomic E-state index is 0.257. The molecule has 10 heavy (non-hydrogen) atoms. The molecule has 2 rings (SSSR count). The van der Waals surface area contributed by atoms with Crippen LogP contribution in [-0.2, 0) is 0 Å². The normalized spacial score (nSPS) is 37.0. The van der Waals surface area contributed by atoms with E-state index < -0.39 is 0 Å². The predicted octanol–water partition coefficient (Wildman–Crippen LogP) is 0.0696. The van der Waals surface area contributed by atoms with Crippen molar-refractivity contribution in [2.75, 3.05) is 12.3 Å². The van der Waals surface area contributed by atoms with Gasteiger partial charge in [-0.1, -0.05) is 0 Å². The Balaban J connectivity index is 2.08. The Bertz CT molecular complexity index is 170. The highest BCUT2D eigenvalue weighted by Crippen LogP contribution is 2.36. The summed E-state index contributed by atoms with van der Waals surface area (Å²) in [6.07, 6.45) is 1.24. The lowest BCUT2D eigenvalue weighted by Gasteiger charge is -2.26. The molecule has 2 heterocycles. The van der Waals surface area contributed by atoms with E-state index in [1.54, 1.807) is 0 Å². The molecule has 0 spiro atoms. The first-order valence-corrected chi connectivity index (χ1v) is 4.54. The highest BCUT2D eigenvalue weighted by Gasteiger charge is 2.38. The molecule has 0 radical (unpaired) electrons. The molecule has 2 bridgehead atoms. The molecule has 3 nitrogen and oxygen atoms in total. The number of rotatable bonds is 0. The zero-order valence-electron chi connectivity index (χ0n) is 5.71. The number of hydrogen-bond acceptors (Lipinski definition) is 2. The first-order chi connectivity index (χ1) is 4.77. The second-order valence-electron chi connectivity index (χ2n) is 2.88. The lowest BCUT2D eigenvalue weighted by Crippen LogP contribution is -2.42. The molecule has 2 atom stereocenters. The van der Waals surface area contributed by atoms with Gasteiger partial charge in [0.15, 0.2) is 5.96 Å². The van der Waals surface area contributed by atoms with E-state index in [4.69, 9.17) is 11.1 Å². The molecule has 0 aromatic rings. The molecule has 0 aliphatic carbocycles. The number of nitrogens with two attached hydrogens (primary N) is 1. The second kappa shape index (κ2) is 2.05. The van der Waals surface area contributed by atoms with E-state index in [0.717, 1.165) is 11.8 Å². The van der Waals surface area contributed by atoms with Crippen molar-refractivity contribution in [3.8, 4) is 0 Å². The molecule has 4 heteroatoms. The van der Waals surface area contributed by atoms with Gasteiger partial charge in [0.25, 0.3) is 0 Å². The van der Waals surface area contributed by atoms with Crippen molar-refractivity contribution in [1.82, 2.24) is 4.90 Å². The minimum Gasteiger partial charge on any atom is -0.370 e. The fourth-order valence-electron chi connectivity index (χ4n) is 1.69. The Morgan fingerprint density at radius 2 is 2.50 bits per heavy atom. The first-order valence-electron chi connectivity index (χ1n) is 3.49. The molecule has 0 amide bonds. The topological polar surface area (TPSA) is 53.1 Å². The monoisotopic (exact) mass is 157 g/mol. The number of likely N-dealkylation sites (tertiary alicyclic amines) is 1. The number of nitrogens with one attached hydrogen (secondary N) is 1. The van der Waals surface area contributed by atoms with E-state index in [9.17, 15) is 0 Å². The predicted molar refractivity (Wildman–Crippen MR) is 43.3 cm³/mol. The average molecular weight is 157 g/mol. The third-order valence-corrected chi connectivity index (χ3v) is 3.60. The summed E-state index contributed by atoms with van der Waals surface area (Å²) < 4.78 is 0. The third kappa shape index (κ3) is 0.785. The van der Waals surface area contributed by atoms with Crippen LogP contribution in [0.3, 0.4) is 0 Å². The van der Waals surface area contributed by atoms with Crippen LogP contribution in [-0.4, -0.2) is 34.4 Å². The maximum absolute atomic E-state index is 7.24. The van der Waals surface area contributed by atoms with E-state index in [0.29, 0.717) is 6.04 Å². The van der Waals surface area contributed by atoms with Crippen molar-refractivity contribution in [2.45, 2.75) is 17.7 Å². The fraction of sp³-hybridized carbons (Fsp3) is 0.833. The van der Waals surface area contributed by atoms with Crippen LogP contribution in [0, 0.1) is 5.41 Å². The molecule has 2 aliphatic heterocycles. The van der Waals surface area contributed by atoms with Gasteiger partial charge >= 0.3 is 0 Å². The maximum Gasteiger partial charge on any atom is 0.188 e. The van der Waals surface area contributed by atoms with Gasteiger partial charge in [-0.2, -0.15) is 11.8 Å². The van der Waals surface area contributed by atoms with Gasteiger partial charge in [0.05, 0.1) is 0 Å². The molecule has 0 aromatic carbocycles. The van der Waals surface area contributed by atoms with Crippen molar-refractivity contribution in [2.24, 2.45) is 5.73 Å². The third-order valence-electron chi connectivity index (χ3n) is 2.21. The van der Waals surface area contributed by atoms with Crippen molar-refractivity contribution in [1.29, 1.82) is 5.41 Å². The summed E-state index contributed by atoms with van der Waals surface area (Å²) in [5.74, 6) is 1.43. The highest BCUT2D eigenvalue weighted by atomic mass is 32.2. The smallest absolute Gasteiger partial charge is 0.188 e. The van der Waals surface area contributed by atoms with Crippen LogP contribution < -0.4 is 5.73 Å². The van der Waals surface area contributed by atoms with Crippen molar-refractivity contribution in [3.05, 3.63) is 0 Å². The van der Waals surface area contributed by atoms with Gasteiger partial charge in [0, 0.05) is 23.6 Å². The highest BCUT2D eigenvalue weighted by molar-refractivity contribution is 8.00. The average Bonchev–Trinajstić information content (AvgIpc) is 2.44. The lowest BCUT2D eigenvalue weighted by atomic mass is 10.2. The van der Waals surface area contributed by atoms with Gasteiger partial charge in [-0.05, 0) is 6.42 Å². The van der Waals surface area contributed by atoms with Crippen LogP contribution in [0.15, 0.2) is 0 Å². The standard InChI is InChI=1S/C6H11N3S/c7-6(8)9-2-5-1-4(9)3-10-5/h4-5H,1-3H2,(H3,7,8). The maximum atomic E-state index is 7.24. The summed E-state index contributed by atoms with van der Waals surface area (Å²) in [7, 11) is 0. The number of hydrogen-bond donors (Lipinski definition) is 2. The van der Waals surface area contributed by atoms with E-state index in [1.165, 1.54) is 12.2 Å². The molecule has 2 aliphatic rings. The van der Waals surface area contributed by atoms with Crippen molar-refractivity contribution < 1.29 is 0 Å². The molecule has 0 aromatic heterocycles. The number of guanidine groups is 1. The van der Waals surface area contributed by atoms with Gasteiger partial charge in [0.2, 0.25) is 0 Å². The second-order valence-corrected chi connectivity index (χ2v) is 4.22. The number of thioether (sulfide) groups is 1. The van der Waals surface area contributed by atoms with Crippen LogP contribution in [0.4, 0.5) is 0 Å². The number of fused-ring (bicyclic) bond motifs is 2. The van der Waals surface area contributed by atoms with Crippen LogP contribution >= 0.6 is 11.8 Å². The fourth-order valence-corrected chi connectivity index (χ4v) is 3.13. The summed E-state index contributed by atoms with van der Waals surface area (Å²) in [6, 6.07) is 0.576. The molecule has 2 saturated heterocycles.